The van der Waals surface area contributed by atoms with Gasteiger partial charge in [-0.25, -0.2) is 4.57 Å². The Balaban J connectivity index is 4.37. The number of esters is 2. The van der Waals surface area contributed by atoms with Gasteiger partial charge in [-0.2, -0.15) is 0 Å². The number of rotatable bonds is 40. The maximum absolute atomic E-state index is 12.6. The number of hydrogen-bond acceptors (Lipinski definition) is 9. The molecule has 3 atom stereocenters. The predicted octanol–water partition coefficient (Wildman–Crippen LogP) is 11.3. The maximum Gasteiger partial charge on any atom is 0.472 e. The molecule has 0 aromatic rings. The van der Waals surface area contributed by atoms with Crippen LogP contribution < -0.4 is 0 Å². The van der Waals surface area contributed by atoms with Gasteiger partial charge in [0, 0.05) is 12.8 Å². The van der Waals surface area contributed by atoms with E-state index in [0.717, 1.165) is 57.8 Å². The SMILES string of the molecule is CCCCCC=CCC=CCC=CCC=CCCCCCC(=O)O[C@H](COC(=O)CCCCCCCCCCCCCCC)COP(=O)(O)OC[C@@H](O)CO. The predicted molar refractivity (Wildman–Crippen MR) is 224 cm³/mol. The van der Waals surface area contributed by atoms with Crippen LogP contribution in [0.3, 0.4) is 0 Å². The van der Waals surface area contributed by atoms with Crippen LogP contribution in [0.15, 0.2) is 48.6 Å². The van der Waals surface area contributed by atoms with Crippen molar-refractivity contribution in [2.75, 3.05) is 26.4 Å². The summed E-state index contributed by atoms with van der Waals surface area (Å²) in [7, 11) is -4.62. The molecule has 0 amide bonds. The molecular formula is C44H79O10P. The molecule has 10 nitrogen and oxygen atoms in total. The molecule has 0 aliphatic rings. The zero-order valence-corrected chi connectivity index (χ0v) is 35.5. The Labute approximate surface area is 334 Å². The van der Waals surface area contributed by atoms with E-state index in [2.05, 4.69) is 67.0 Å². The van der Waals surface area contributed by atoms with E-state index in [1.54, 1.807) is 0 Å². The van der Waals surface area contributed by atoms with Crippen LogP contribution >= 0.6 is 7.82 Å². The summed E-state index contributed by atoms with van der Waals surface area (Å²) in [6.45, 7) is 2.31. The van der Waals surface area contributed by atoms with Crippen LogP contribution in [-0.2, 0) is 32.7 Å². The first-order valence-corrected chi connectivity index (χ1v) is 23.1. The number of hydrogen-bond donors (Lipinski definition) is 3. The van der Waals surface area contributed by atoms with E-state index in [-0.39, 0.29) is 19.4 Å². The molecule has 0 saturated carbocycles. The highest BCUT2D eigenvalue weighted by Gasteiger charge is 2.27. The second kappa shape index (κ2) is 40.1. The van der Waals surface area contributed by atoms with Crippen LogP contribution in [0.2, 0.25) is 0 Å². The monoisotopic (exact) mass is 799 g/mol. The van der Waals surface area contributed by atoms with Crippen molar-refractivity contribution in [3.63, 3.8) is 0 Å². The molecule has 0 bridgehead atoms. The largest absolute Gasteiger partial charge is 0.472 e. The van der Waals surface area contributed by atoms with Crippen molar-refractivity contribution in [1.29, 1.82) is 0 Å². The Morgan fingerprint density at radius 2 is 0.945 bits per heavy atom. The van der Waals surface area contributed by atoms with Crippen LogP contribution in [0.5, 0.6) is 0 Å². The van der Waals surface area contributed by atoms with E-state index >= 15 is 0 Å². The van der Waals surface area contributed by atoms with Crippen LogP contribution in [0.1, 0.15) is 181 Å². The summed E-state index contributed by atoms with van der Waals surface area (Å²) in [5, 5.41) is 18.3. The van der Waals surface area contributed by atoms with Gasteiger partial charge in [-0.3, -0.25) is 18.6 Å². The van der Waals surface area contributed by atoms with Crippen LogP contribution in [0.25, 0.3) is 0 Å². The standard InChI is InChI=1S/C44H79O10P/c1-3-5-7-9-11-13-15-17-18-19-20-21-22-24-26-28-30-32-34-36-44(48)54-42(40-53-55(49,50)52-38-41(46)37-45)39-51-43(47)35-33-31-29-27-25-23-16-14-12-10-8-6-4-2/h11,13,17-18,20-21,24,26,41-42,45-46H,3-10,12,14-16,19,22-23,25,27-40H2,1-2H3,(H,49,50)/t41-,42+/m0/s1. The third-order valence-corrected chi connectivity index (χ3v) is 9.94. The number of allylic oxidation sites excluding steroid dienone is 8. The van der Waals surface area contributed by atoms with Gasteiger partial charge < -0.3 is 24.6 Å². The molecule has 0 radical (unpaired) electrons. The molecule has 0 saturated heterocycles. The summed E-state index contributed by atoms with van der Waals surface area (Å²) in [5.74, 6) is -0.960. The van der Waals surface area contributed by atoms with Gasteiger partial charge in [-0.15, -0.1) is 0 Å². The smallest absolute Gasteiger partial charge is 0.462 e. The van der Waals surface area contributed by atoms with Crippen LogP contribution in [-0.4, -0.2) is 65.7 Å². The normalized spacial score (nSPS) is 14.3. The van der Waals surface area contributed by atoms with E-state index in [1.165, 1.54) is 83.5 Å². The lowest BCUT2D eigenvalue weighted by Gasteiger charge is -2.20. The lowest BCUT2D eigenvalue weighted by atomic mass is 10.0. The van der Waals surface area contributed by atoms with Gasteiger partial charge in [0.15, 0.2) is 6.10 Å². The Morgan fingerprint density at radius 1 is 0.545 bits per heavy atom. The molecule has 0 aromatic heterocycles. The van der Waals surface area contributed by atoms with Gasteiger partial charge >= 0.3 is 19.8 Å². The van der Waals surface area contributed by atoms with Gasteiger partial charge in [-0.1, -0.05) is 159 Å². The molecule has 320 valence electrons. The van der Waals surface area contributed by atoms with Crippen LogP contribution in [0, 0.1) is 0 Å². The quantitative estimate of drug-likeness (QED) is 0.0237. The first kappa shape index (κ1) is 52.9. The minimum Gasteiger partial charge on any atom is -0.462 e. The lowest BCUT2D eigenvalue weighted by Crippen LogP contribution is -2.29. The fourth-order valence-electron chi connectivity index (χ4n) is 5.62. The van der Waals surface area contributed by atoms with Crippen molar-refractivity contribution in [2.24, 2.45) is 0 Å². The molecule has 0 heterocycles. The molecule has 3 N–H and O–H groups in total. The summed E-state index contributed by atoms with van der Waals surface area (Å²) >= 11 is 0. The zero-order chi connectivity index (χ0) is 40.5. The molecule has 0 fully saturated rings. The molecule has 0 rings (SSSR count). The number of phosphoric ester groups is 1. The molecule has 55 heavy (non-hydrogen) atoms. The molecule has 0 aromatic carbocycles. The number of aliphatic hydroxyl groups is 2. The number of ether oxygens (including phenoxy) is 2. The van der Waals surface area contributed by atoms with E-state index in [4.69, 9.17) is 19.1 Å². The summed E-state index contributed by atoms with van der Waals surface area (Å²) in [6.07, 6.45) is 42.2. The topological polar surface area (TPSA) is 149 Å². The van der Waals surface area contributed by atoms with E-state index in [9.17, 15) is 24.2 Å². The minimum atomic E-state index is -4.62. The molecule has 0 spiro atoms. The highest BCUT2D eigenvalue weighted by molar-refractivity contribution is 7.47. The minimum absolute atomic E-state index is 0.147. The van der Waals surface area contributed by atoms with Gasteiger partial charge in [0.05, 0.1) is 19.8 Å². The average Bonchev–Trinajstić information content (AvgIpc) is 3.17. The van der Waals surface area contributed by atoms with Crippen molar-refractivity contribution < 1.29 is 47.8 Å². The van der Waals surface area contributed by atoms with Crippen molar-refractivity contribution in [1.82, 2.24) is 0 Å². The Kier molecular flexibility index (Phi) is 38.6. The fraction of sp³-hybridized carbons (Fsp3) is 0.773. The van der Waals surface area contributed by atoms with Crippen molar-refractivity contribution in [2.45, 2.75) is 193 Å². The lowest BCUT2D eigenvalue weighted by molar-refractivity contribution is -0.161. The van der Waals surface area contributed by atoms with Crippen molar-refractivity contribution in [3.8, 4) is 0 Å². The Hall–Kier alpha value is -2.07. The fourth-order valence-corrected chi connectivity index (χ4v) is 6.41. The summed E-state index contributed by atoms with van der Waals surface area (Å²) in [4.78, 5) is 34.9. The van der Waals surface area contributed by atoms with Crippen molar-refractivity contribution >= 4 is 19.8 Å². The highest BCUT2D eigenvalue weighted by Crippen LogP contribution is 2.43. The van der Waals surface area contributed by atoms with Crippen LogP contribution in [0.4, 0.5) is 0 Å². The molecule has 0 aliphatic carbocycles. The van der Waals surface area contributed by atoms with E-state index < -0.39 is 51.8 Å². The number of aliphatic hydroxyl groups excluding tert-OH is 2. The second-order valence-corrected chi connectivity index (χ2v) is 15.8. The van der Waals surface area contributed by atoms with Crippen molar-refractivity contribution in [3.05, 3.63) is 48.6 Å². The summed E-state index contributed by atoms with van der Waals surface area (Å²) in [5.41, 5.74) is 0. The van der Waals surface area contributed by atoms with Gasteiger partial charge in [0.1, 0.15) is 12.7 Å². The first-order valence-electron chi connectivity index (χ1n) is 21.6. The molecular weight excluding hydrogens is 719 g/mol. The van der Waals surface area contributed by atoms with Gasteiger partial charge in [0.2, 0.25) is 0 Å². The zero-order valence-electron chi connectivity index (χ0n) is 34.6. The van der Waals surface area contributed by atoms with Gasteiger partial charge in [0.25, 0.3) is 0 Å². The number of phosphoric acid groups is 1. The highest BCUT2D eigenvalue weighted by atomic mass is 31.2. The Bertz CT molecular complexity index is 1060. The second-order valence-electron chi connectivity index (χ2n) is 14.4. The Morgan fingerprint density at radius 3 is 1.45 bits per heavy atom. The number of carbonyl (C=O) groups excluding carboxylic acids is 2. The average molecular weight is 799 g/mol. The molecule has 11 heteroatoms. The van der Waals surface area contributed by atoms with Gasteiger partial charge in [-0.05, 0) is 57.8 Å². The third-order valence-electron chi connectivity index (χ3n) is 8.99. The van der Waals surface area contributed by atoms with E-state index in [0.29, 0.717) is 12.8 Å². The van der Waals surface area contributed by atoms with E-state index in [1.807, 2.05) is 0 Å². The summed E-state index contributed by atoms with van der Waals surface area (Å²) in [6, 6.07) is 0. The third kappa shape index (κ3) is 39.9. The first-order chi connectivity index (χ1) is 26.7. The molecule has 1 unspecified atom stereocenters. The summed E-state index contributed by atoms with van der Waals surface area (Å²) < 4.78 is 32.7. The number of unbranched alkanes of at least 4 members (excludes halogenated alkanes) is 18. The number of carbonyl (C=O) groups is 2. The maximum atomic E-state index is 12.6. The molecule has 0 aliphatic heterocycles.